The number of alkyl halides is 3. The van der Waals surface area contributed by atoms with E-state index in [0.717, 1.165) is 12.8 Å². The maximum absolute atomic E-state index is 12.8. The Balaban J connectivity index is 0.000000194. The third-order valence-corrected chi connectivity index (χ3v) is 18.2. The van der Waals surface area contributed by atoms with Gasteiger partial charge < -0.3 is 23.7 Å². The van der Waals surface area contributed by atoms with Crippen molar-refractivity contribution in [3.8, 4) is 0 Å². The van der Waals surface area contributed by atoms with Gasteiger partial charge in [0.05, 0.1) is 80.2 Å². The second-order valence-corrected chi connectivity index (χ2v) is 29.4. The van der Waals surface area contributed by atoms with Crippen LogP contribution in [0.15, 0.2) is 49.6 Å². The molecule has 3 heterocycles. The van der Waals surface area contributed by atoms with E-state index in [1.807, 2.05) is 12.2 Å². The number of allylic oxidation sites excluding steroid dienone is 6. The average molecular weight is 1300 g/mol. The Morgan fingerprint density at radius 1 is 0.468 bits per heavy atom. The minimum absolute atomic E-state index is 0.00277. The van der Waals surface area contributed by atoms with Crippen molar-refractivity contribution in [2.24, 2.45) is 81.8 Å². The molecule has 79 heavy (non-hydrogen) atoms. The molecule has 14 atom stereocenters. The first-order valence-corrected chi connectivity index (χ1v) is 29.0. The average Bonchev–Trinajstić information content (AvgIpc) is 4.48. The van der Waals surface area contributed by atoms with Crippen LogP contribution in [-0.4, -0.2) is 147 Å². The Hall–Kier alpha value is -4.83. The molecule has 3 aliphatic heterocycles. The zero-order valence-electron chi connectivity index (χ0n) is 46.6. The zero-order chi connectivity index (χ0) is 59.1. The van der Waals surface area contributed by atoms with Crippen LogP contribution >= 0.6 is 47.8 Å². The monoisotopic (exact) mass is 1290 g/mol. The van der Waals surface area contributed by atoms with Crippen LogP contribution in [0.4, 0.5) is 0 Å². The first kappa shape index (κ1) is 63.4. The number of hydrogen-bond donors (Lipinski definition) is 0. The third-order valence-electron chi connectivity index (χ3n) is 16.7. The van der Waals surface area contributed by atoms with Crippen molar-refractivity contribution in [2.75, 3.05) is 53.7 Å². The number of carbonyl (C=O) groups excluding carboxylic acids is 11. The highest BCUT2D eigenvalue weighted by molar-refractivity contribution is 9.10. The summed E-state index contributed by atoms with van der Waals surface area (Å²) in [7, 11) is 2.56. The standard InChI is InChI=1S/C22H30BrNO6.C20H26BrNO6.C15H18BrNO4/c1-7-13-11-14(8-2)16-15(13)17(25)24(18(16)26)9-10-30-19(27)21(3,4)12-22(5,23)20(28)29-6;1-19(2,10-20(3,21)18(26)27-4)17(25)28-8-7-22-15(23)13-11-5-6-12(9-11)14(13)16(22)24;1-15(2,16)14(20)21-6-5-17-12(18)10-8-3-4-9(7-8)11(10)13(17)19/h7-8,13-16H,1-2,9-12H2,3-6H3;5-6,11-14H,7-10H2,1-4H3;3-4,8-11H,5-7H2,1-2H3. The lowest BCUT2D eigenvalue weighted by Crippen LogP contribution is -2.41. The van der Waals surface area contributed by atoms with Crippen molar-refractivity contribution in [2.45, 2.75) is 100 Å². The molecule has 0 spiro atoms. The molecule has 3 saturated heterocycles. The van der Waals surface area contributed by atoms with Crippen molar-refractivity contribution >= 4 is 113 Å². The topological polar surface area (TPSA) is 244 Å². The van der Waals surface area contributed by atoms with Gasteiger partial charge in [0.1, 0.15) is 32.8 Å². The highest BCUT2D eigenvalue weighted by atomic mass is 79.9. The van der Waals surface area contributed by atoms with Gasteiger partial charge in [-0.05, 0) is 123 Å². The fourth-order valence-corrected chi connectivity index (χ4v) is 14.8. The number of fused-ring (bicyclic) bond motifs is 11. The Morgan fingerprint density at radius 3 is 0.987 bits per heavy atom. The second-order valence-electron chi connectivity index (χ2n) is 24.0. The third kappa shape index (κ3) is 13.0. The van der Waals surface area contributed by atoms with Crippen LogP contribution in [0, 0.1) is 81.8 Å². The minimum atomic E-state index is -1.04. The van der Waals surface area contributed by atoms with Crippen molar-refractivity contribution in [3.63, 3.8) is 0 Å². The van der Waals surface area contributed by atoms with Crippen molar-refractivity contribution in [3.05, 3.63) is 49.6 Å². The van der Waals surface area contributed by atoms with Gasteiger partial charge in [-0.15, -0.1) is 13.2 Å². The number of esters is 5. The largest absolute Gasteiger partial charge is 0.468 e. The summed E-state index contributed by atoms with van der Waals surface area (Å²) in [6, 6.07) is 0. The van der Waals surface area contributed by atoms with Crippen LogP contribution in [0.2, 0.25) is 0 Å². The first-order valence-electron chi connectivity index (χ1n) is 26.6. The number of ether oxygens (including phenoxy) is 5. The number of rotatable bonds is 20. The summed E-state index contributed by atoms with van der Waals surface area (Å²) >= 11 is 9.83. The summed E-state index contributed by atoms with van der Waals surface area (Å²) in [5.74, 6) is -4.44. The molecule has 19 nitrogen and oxygen atoms in total. The molecule has 3 saturated carbocycles. The van der Waals surface area contributed by atoms with Gasteiger partial charge in [-0.1, -0.05) is 84.2 Å². The van der Waals surface area contributed by atoms with Gasteiger partial charge in [0, 0.05) is 0 Å². The molecule has 6 amide bonds. The lowest BCUT2D eigenvalue weighted by atomic mass is 9.83. The SMILES string of the molecule is C=CC1CC(C=C)C2C(=O)N(CCOC(=O)C(C)(C)CC(C)(Br)C(=O)OC)C(=O)C12.CC(C)(Br)C(=O)OCCN1C(=O)C2C3C=CC(C3)C2C1=O.COC(=O)C(C)(Br)CC(C)(C)C(=O)OCCN1C(=O)C2C3C=CC(C3)C2C1=O. The fraction of sp³-hybridized carbons (Fsp3) is 0.667. The molecule has 0 radical (unpaired) electrons. The van der Waals surface area contributed by atoms with Gasteiger partial charge in [0.2, 0.25) is 35.4 Å². The zero-order valence-corrected chi connectivity index (χ0v) is 51.4. The molecule has 6 fully saturated rings. The summed E-state index contributed by atoms with van der Waals surface area (Å²) < 4.78 is 22.5. The van der Waals surface area contributed by atoms with Gasteiger partial charge >= 0.3 is 29.8 Å². The molecule has 0 N–H and O–H groups in total. The van der Waals surface area contributed by atoms with Crippen LogP contribution in [0.25, 0.3) is 0 Å². The maximum Gasteiger partial charge on any atom is 0.322 e. The predicted molar refractivity (Wildman–Crippen MR) is 296 cm³/mol. The lowest BCUT2D eigenvalue weighted by molar-refractivity contribution is -0.158. The van der Waals surface area contributed by atoms with E-state index in [1.54, 1.807) is 67.5 Å². The van der Waals surface area contributed by atoms with E-state index in [4.69, 9.17) is 23.7 Å². The van der Waals surface area contributed by atoms with Crippen molar-refractivity contribution in [1.29, 1.82) is 0 Å². The molecule has 5 aliphatic carbocycles. The van der Waals surface area contributed by atoms with E-state index in [2.05, 4.69) is 73.1 Å². The number of amides is 6. The van der Waals surface area contributed by atoms with Crippen LogP contribution in [0.5, 0.6) is 0 Å². The molecule has 0 aromatic rings. The molecular weight excluding hydrogens is 1220 g/mol. The first-order chi connectivity index (χ1) is 36.7. The molecule has 0 aromatic carbocycles. The van der Waals surface area contributed by atoms with Gasteiger partial charge in [-0.25, -0.2) is 0 Å². The summed E-state index contributed by atoms with van der Waals surface area (Å²) in [4.78, 5) is 140. The normalized spacial score (nSPS) is 30.4. The van der Waals surface area contributed by atoms with E-state index >= 15 is 0 Å². The predicted octanol–water partition coefficient (Wildman–Crippen LogP) is 6.47. The Morgan fingerprint density at radius 2 is 0.734 bits per heavy atom. The Bertz CT molecular complexity index is 2490. The number of imide groups is 3. The highest BCUT2D eigenvalue weighted by Crippen LogP contribution is 2.54. The van der Waals surface area contributed by atoms with Crippen LogP contribution in [0.3, 0.4) is 0 Å². The van der Waals surface area contributed by atoms with E-state index in [0.29, 0.717) is 6.42 Å². The smallest absolute Gasteiger partial charge is 0.322 e. The number of hydrogen-bond acceptors (Lipinski definition) is 16. The molecule has 434 valence electrons. The van der Waals surface area contributed by atoms with E-state index in [1.165, 1.54) is 28.9 Å². The summed E-state index contributed by atoms with van der Waals surface area (Å²) in [5, 5.41) is 0. The van der Waals surface area contributed by atoms with Gasteiger partial charge in [0.25, 0.3) is 0 Å². The summed E-state index contributed by atoms with van der Waals surface area (Å²) in [5.41, 5.74) is -1.94. The van der Waals surface area contributed by atoms with Gasteiger partial charge in [-0.2, -0.15) is 0 Å². The quantitative estimate of drug-likeness (QED) is 0.0417. The van der Waals surface area contributed by atoms with Gasteiger partial charge in [-0.3, -0.25) is 67.4 Å². The number of likely N-dealkylation sites (tertiary alicyclic amines) is 3. The van der Waals surface area contributed by atoms with Crippen LogP contribution in [0.1, 0.15) is 87.5 Å². The Labute approximate surface area is 487 Å². The molecular formula is C57H74Br3N3O16. The second kappa shape index (κ2) is 24.3. The van der Waals surface area contributed by atoms with Crippen LogP contribution in [-0.2, 0) is 76.4 Å². The van der Waals surface area contributed by atoms with E-state index in [9.17, 15) is 52.7 Å². The van der Waals surface area contributed by atoms with E-state index < -0.39 is 65.5 Å². The maximum atomic E-state index is 12.8. The van der Waals surface area contributed by atoms with Crippen molar-refractivity contribution in [1.82, 2.24) is 14.7 Å². The van der Waals surface area contributed by atoms with E-state index in [-0.39, 0.29) is 147 Å². The lowest BCUT2D eigenvalue weighted by Gasteiger charge is -2.30. The molecule has 8 aliphatic rings. The number of nitrogens with zero attached hydrogens (tertiary/aromatic N) is 3. The number of carbonyl (C=O) groups is 11. The minimum Gasteiger partial charge on any atom is -0.468 e. The molecule has 14 unspecified atom stereocenters. The molecule has 22 heteroatoms. The molecule has 0 aromatic heterocycles. The molecule has 4 bridgehead atoms. The number of halogens is 3. The number of methoxy groups -OCH3 is 2. The van der Waals surface area contributed by atoms with Crippen LogP contribution < -0.4 is 0 Å². The fourth-order valence-electron chi connectivity index (χ4n) is 13.0. The summed E-state index contributed by atoms with van der Waals surface area (Å²) in [6.45, 7) is 21.0. The summed E-state index contributed by atoms with van der Waals surface area (Å²) in [6.07, 6.45) is 14.5. The Kier molecular flexibility index (Phi) is 19.5. The van der Waals surface area contributed by atoms with Crippen molar-refractivity contribution < 1.29 is 76.4 Å². The highest BCUT2D eigenvalue weighted by Gasteiger charge is 2.61. The van der Waals surface area contributed by atoms with Gasteiger partial charge in [0.15, 0.2) is 0 Å². The molecule has 8 rings (SSSR count).